The summed E-state index contributed by atoms with van der Waals surface area (Å²) in [5.41, 5.74) is 2.71. The Morgan fingerprint density at radius 2 is 1.60 bits per heavy atom. The van der Waals surface area contributed by atoms with Gasteiger partial charge in [0.2, 0.25) is 15.9 Å². The van der Waals surface area contributed by atoms with E-state index in [0.29, 0.717) is 0 Å². The number of rotatable bonds is 6. The van der Waals surface area contributed by atoms with Crippen LogP contribution in [0.5, 0.6) is 0 Å². The third kappa shape index (κ3) is 3.81. The van der Waals surface area contributed by atoms with Gasteiger partial charge in [0.1, 0.15) is 11.2 Å². The van der Waals surface area contributed by atoms with Gasteiger partial charge in [0, 0.05) is 18.2 Å². The van der Waals surface area contributed by atoms with Gasteiger partial charge in [0.25, 0.3) is 0 Å². The summed E-state index contributed by atoms with van der Waals surface area (Å²) in [7, 11) is -3.80. The van der Waals surface area contributed by atoms with Crippen LogP contribution in [0.1, 0.15) is 34.6 Å². The summed E-state index contributed by atoms with van der Waals surface area (Å²) < 4.78 is 39.7. The molecule has 0 fully saturated rings. The topological polar surface area (TPSA) is 99.1 Å². The maximum atomic E-state index is 13.6. The Hall–Kier alpha value is -3.22. The molecule has 178 valence electrons. The van der Waals surface area contributed by atoms with E-state index in [2.05, 4.69) is 32.0 Å². The molecule has 3 aromatic rings. The van der Waals surface area contributed by atoms with Crippen LogP contribution in [0.4, 0.5) is 10.1 Å². The number of amides is 1. The number of alkyl halides is 1. The van der Waals surface area contributed by atoms with Crippen LogP contribution in [0, 0.1) is 22.6 Å². The van der Waals surface area contributed by atoms with E-state index in [4.69, 9.17) is 0 Å². The maximum Gasteiger partial charge on any atom is 0.241 e. The summed E-state index contributed by atoms with van der Waals surface area (Å²) in [4.78, 5) is 13.6. The Morgan fingerprint density at radius 3 is 2.17 bits per heavy atom. The molecule has 2 N–H and O–H groups in total. The number of nitrogens with one attached hydrogen (secondary N) is 2. The molecule has 35 heavy (non-hydrogen) atoms. The predicted octanol–water partition coefficient (Wildman–Crippen LogP) is 4.38. The van der Waals surface area contributed by atoms with E-state index < -0.39 is 43.2 Å². The number of hydrogen-bond donors (Lipinski definition) is 2. The van der Waals surface area contributed by atoms with Gasteiger partial charge in [0.05, 0.1) is 16.1 Å². The van der Waals surface area contributed by atoms with Gasteiger partial charge in [-0.25, -0.2) is 12.8 Å². The zero-order valence-corrected chi connectivity index (χ0v) is 20.9. The second-order valence-electron chi connectivity index (χ2n) is 8.85. The molecule has 0 aliphatic heterocycles. The van der Waals surface area contributed by atoms with Crippen molar-refractivity contribution in [1.29, 1.82) is 5.26 Å². The van der Waals surface area contributed by atoms with Crippen LogP contribution in [-0.2, 0) is 19.1 Å². The molecule has 0 aromatic heterocycles. The molecule has 2 bridgehead atoms. The van der Waals surface area contributed by atoms with Gasteiger partial charge in [0.15, 0.2) is 0 Å². The van der Waals surface area contributed by atoms with Gasteiger partial charge in [-0.1, -0.05) is 64.5 Å². The van der Waals surface area contributed by atoms with Crippen LogP contribution in [0.2, 0.25) is 0 Å². The lowest BCUT2D eigenvalue weighted by Gasteiger charge is -2.53. The van der Waals surface area contributed by atoms with Gasteiger partial charge >= 0.3 is 0 Å². The minimum atomic E-state index is -3.80. The monoisotopic (exact) mass is 553 g/mol. The van der Waals surface area contributed by atoms with Crippen LogP contribution < -0.4 is 10.0 Å². The largest absolute Gasteiger partial charge is 0.354 e. The fraction of sp³-hybridized carbons (Fsp3) is 0.231. The molecule has 0 heterocycles. The number of fused-ring (bicyclic) bond motifs is 1. The summed E-state index contributed by atoms with van der Waals surface area (Å²) >= 11 is 3.89. The second kappa shape index (κ2) is 8.47. The molecule has 3 aromatic carbocycles. The van der Waals surface area contributed by atoms with Gasteiger partial charge < -0.3 is 5.32 Å². The minimum Gasteiger partial charge on any atom is -0.354 e. The highest BCUT2D eigenvalue weighted by atomic mass is 79.9. The zero-order chi connectivity index (χ0) is 24.8. The van der Waals surface area contributed by atoms with Crippen LogP contribution >= 0.6 is 15.9 Å². The first-order valence-corrected chi connectivity index (χ1v) is 13.5. The SMILES string of the molecule is N#CC1(C(=O)NCCS(=O)(=O)Nc2ccc(F)cc2)CC2(Br)c3ccccc3C1c1ccccc12. The predicted molar refractivity (Wildman–Crippen MR) is 134 cm³/mol. The first-order valence-electron chi connectivity index (χ1n) is 11.0. The number of anilines is 1. The summed E-state index contributed by atoms with van der Waals surface area (Å²) in [6, 6.07) is 22.8. The molecule has 6 nitrogen and oxygen atoms in total. The molecule has 1 atom stereocenters. The third-order valence-corrected chi connectivity index (χ3v) is 9.21. The molecule has 6 rings (SSSR count). The second-order valence-corrected chi connectivity index (χ2v) is 12.0. The lowest BCUT2D eigenvalue weighted by molar-refractivity contribution is -0.130. The fourth-order valence-corrected chi connectivity index (χ4v) is 7.44. The first kappa shape index (κ1) is 23.5. The highest BCUT2D eigenvalue weighted by Gasteiger charge is 2.62. The van der Waals surface area contributed by atoms with Crippen molar-refractivity contribution in [2.24, 2.45) is 5.41 Å². The van der Waals surface area contributed by atoms with Gasteiger partial charge in [-0.15, -0.1) is 0 Å². The minimum absolute atomic E-state index is 0.176. The highest BCUT2D eigenvalue weighted by molar-refractivity contribution is 9.09. The van der Waals surface area contributed by atoms with Crippen LogP contribution in [0.15, 0.2) is 72.8 Å². The molecule has 0 spiro atoms. The van der Waals surface area contributed by atoms with E-state index >= 15 is 0 Å². The normalized spacial score (nSPS) is 24.1. The van der Waals surface area contributed by atoms with Gasteiger partial charge in [-0.2, -0.15) is 5.26 Å². The number of halogens is 2. The number of sulfonamides is 1. The van der Waals surface area contributed by atoms with Crippen molar-refractivity contribution in [3.05, 3.63) is 101 Å². The first-order chi connectivity index (χ1) is 16.7. The molecule has 1 unspecified atom stereocenters. The molecule has 1 amide bonds. The lowest BCUT2D eigenvalue weighted by Crippen LogP contribution is -2.55. The Labute approximate surface area is 211 Å². The highest BCUT2D eigenvalue weighted by Crippen LogP contribution is 2.65. The number of hydrogen-bond acceptors (Lipinski definition) is 4. The maximum absolute atomic E-state index is 13.6. The number of nitriles is 1. The molecule has 0 radical (unpaired) electrons. The van der Waals surface area contributed by atoms with E-state index in [1.807, 2.05) is 48.5 Å². The average molecular weight is 554 g/mol. The Kier molecular flexibility index (Phi) is 5.69. The van der Waals surface area contributed by atoms with Crippen molar-refractivity contribution in [2.45, 2.75) is 16.7 Å². The molecule has 9 heteroatoms. The summed E-state index contributed by atoms with van der Waals surface area (Å²) in [6.07, 6.45) is 0.224. The third-order valence-electron chi connectivity index (χ3n) is 6.79. The van der Waals surface area contributed by atoms with Crippen molar-refractivity contribution < 1.29 is 17.6 Å². The smallest absolute Gasteiger partial charge is 0.241 e. The van der Waals surface area contributed by atoms with Crippen molar-refractivity contribution in [1.82, 2.24) is 5.32 Å². The molecule has 0 saturated heterocycles. The van der Waals surface area contributed by atoms with Crippen LogP contribution in [0.25, 0.3) is 0 Å². The molecular formula is C26H21BrFN3O3S. The van der Waals surface area contributed by atoms with Crippen molar-refractivity contribution in [3.8, 4) is 6.07 Å². The van der Waals surface area contributed by atoms with Gasteiger partial charge in [-0.05, 0) is 52.9 Å². The van der Waals surface area contributed by atoms with Crippen molar-refractivity contribution in [2.75, 3.05) is 17.0 Å². The van der Waals surface area contributed by atoms with E-state index in [-0.39, 0.29) is 18.7 Å². The molecule has 3 aliphatic carbocycles. The Bertz CT molecular complexity index is 1420. The fourth-order valence-electron chi connectivity index (χ4n) is 5.31. The zero-order valence-electron chi connectivity index (χ0n) is 18.5. The molecular weight excluding hydrogens is 533 g/mol. The molecule has 3 aliphatic rings. The van der Waals surface area contributed by atoms with Gasteiger partial charge in [-0.3, -0.25) is 9.52 Å². The summed E-state index contributed by atoms with van der Waals surface area (Å²) in [5.74, 6) is -1.85. The van der Waals surface area contributed by atoms with E-state index in [0.717, 1.165) is 34.4 Å². The Balaban J connectivity index is 1.40. The summed E-state index contributed by atoms with van der Waals surface area (Å²) in [6.45, 7) is -0.176. The number of nitrogens with zero attached hydrogens (tertiary/aromatic N) is 1. The quantitative estimate of drug-likeness (QED) is 0.442. The summed E-state index contributed by atoms with van der Waals surface area (Å²) in [5, 5.41) is 13.1. The van der Waals surface area contributed by atoms with E-state index in [1.165, 1.54) is 12.1 Å². The number of carbonyl (C=O) groups is 1. The van der Waals surface area contributed by atoms with Crippen molar-refractivity contribution in [3.63, 3.8) is 0 Å². The van der Waals surface area contributed by atoms with Crippen molar-refractivity contribution >= 4 is 37.5 Å². The average Bonchev–Trinajstić information content (AvgIpc) is 2.85. The van der Waals surface area contributed by atoms with Crippen LogP contribution in [0.3, 0.4) is 0 Å². The standard InChI is InChI=1S/C26H21BrFN3O3S/c27-26-15-25(16-29,23(19-5-1-3-7-21(19)26)20-6-2-4-8-22(20)26)24(32)30-13-14-35(33,34)31-18-11-9-17(28)10-12-18/h1-12,23,31H,13-15H2,(H,30,32). The lowest BCUT2D eigenvalue weighted by atomic mass is 9.52. The van der Waals surface area contributed by atoms with E-state index in [1.54, 1.807) is 0 Å². The molecule has 0 saturated carbocycles. The Morgan fingerprint density at radius 1 is 1.03 bits per heavy atom. The number of benzene rings is 3. The van der Waals surface area contributed by atoms with Crippen LogP contribution in [-0.4, -0.2) is 26.6 Å². The van der Waals surface area contributed by atoms with E-state index in [9.17, 15) is 22.9 Å². The number of carbonyl (C=O) groups excluding carboxylic acids is 1.